The average Bonchev–Trinajstić information content (AvgIpc) is 3.24. The van der Waals surface area contributed by atoms with E-state index in [1.807, 2.05) is 29.6 Å². The summed E-state index contributed by atoms with van der Waals surface area (Å²) in [4.78, 5) is 5.61. The molecule has 0 aliphatic rings. The standard InChI is InChI=1S/C17H22F3N3OS/c18-17(19,20)8-1-2-9-21-16(23-13-15-6-4-12-25-15)22-10-7-14-5-3-11-24-14/h3-6,11-12H,1-2,7-10,13H2,(H2,21,22,23). The third-order valence-electron chi connectivity index (χ3n) is 3.40. The third-order valence-corrected chi connectivity index (χ3v) is 4.26. The van der Waals surface area contributed by atoms with E-state index in [0.717, 1.165) is 10.6 Å². The number of alkyl halides is 3. The number of nitrogens with zero attached hydrogens (tertiary/aromatic N) is 1. The Balaban J connectivity index is 1.75. The van der Waals surface area contributed by atoms with Gasteiger partial charge in [0.2, 0.25) is 0 Å². The summed E-state index contributed by atoms with van der Waals surface area (Å²) >= 11 is 1.62. The lowest BCUT2D eigenvalue weighted by molar-refractivity contribution is -0.135. The maximum atomic E-state index is 12.2. The van der Waals surface area contributed by atoms with Crippen LogP contribution in [-0.4, -0.2) is 25.2 Å². The van der Waals surface area contributed by atoms with Crippen molar-refractivity contribution in [1.82, 2.24) is 10.6 Å². The summed E-state index contributed by atoms with van der Waals surface area (Å²) in [6.45, 7) is 1.62. The Morgan fingerprint density at radius 1 is 1.12 bits per heavy atom. The molecule has 25 heavy (non-hydrogen) atoms. The number of unbranched alkanes of at least 4 members (excludes halogenated alkanes) is 1. The van der Waals surface area contributed by atoms with E-state index in [1.54, 1.807) is 17.6 Å². The minimum Gasteiger partial charge on any atom is -0.469 e. The van der Waals surface area contributed by atoms with Crippen molar-refractivity contribution < 1.29 is 17.6 Å². The van der Waals surface area contributed by atoms with Gasteiger partial charge in [-0.25, -0.2) is 4.99 Å². The second-order valence-electron chi connectivity index (χ2n) is 5.50. The molecule has 2 aromatic heterocycles. The summed E-state index contributed by atoms with van der Waals surface area (Å²) in [7, 11) is 0. The minimum atomic E-state index is -4.09. The van der Waals surface area contributed by atoms with Crippen molar-refractivity contribution >= 4 is 17.3 Å². The molecule has 0 unspecified atom stereocenters. The zero-order chi connectivity index (χ0) is 18.0. The fourth-order valence-electron chi connectivity index (χ4n) is 2.15. The number of nitrogens with one attached hydrogen (secondary N) is 2. The number of halogens is 3. The average molecular weight is 373 g/mol. The molecule has 2 rings (SSSR count). The summed E-state index contributed by atoms with van der Waals surface area (Å²) in [5, 5.41) is 8.27. The van der Waals surface area contributed by atoms with Gasteiger partial charge in [-0.15, -0.1) is 11.3 Å². The molecule has 2 aromatic rings. The van der Waals surface area contributed by atoms with Crippen LogP contribution in [0.25, 0.3) is 0 Å². The van der Waals surface area contributed by atoms with Crippen LogP contribution in [0, 0.1) is 0 Å². The van der Waals surface area contributed by atoms with E-state index in [-0.39, 0.29) is 6.42 Å². The van der Waals surface area contributed by atoms with Crippen LogP contribution in [0.2, 0.25) is 0 Å². The highest BCUT2D eigenvalue weighted by Gasteiger charge is 2.25. The number of aliphatic imine (C=N–C) groups is 1. The van der Waals surface area contributed by atoms with Crippen LogP contribution in [-0.2, 0) is 13.0 Å². The zero-order valence-corrected chi connectivity index (χ0v) is 14.6. The quantitative estimate of drug-likeness (QED) is 0.390. The Labute approximate surface area is 149 Å². The van der Waals surface area contributed by atoms with Crippen LogP contribution in [0.5, 0.6) is 0 Å². The van der Waals surface area contributed by atoms with Crippen molar-refractivity contribution in [2.75, 3.05) is 13.1 Å². The van der Waals surface area contributed by atoms with Crippen LogP contribution in [0.1, 0.15) is 29.9 Å². The molecule has 0 amide bonds. The molecule has 0 saturated carbocycles. The maximum absolute atomic E-state index is 12.2. The van der Waals surface area contributed by atoms with Crippen molar-refractivity contribution in [2.24, 2.45) is 4.99 Å². The molecule has 0 aliphatic heterocycles. The van der Waals surface area contributed by atoms with Gasteiger partial charge in [0.25, 0.3) is 0 Å². The van der Waals surface area contributed by atoms with Crippen LogP contribution >= 0.6 is 11.3 Å². The van der Waals surface area contributed by atoms with E-state index >= 15 is 0 Å². The van der Waals surface area contributed by atoms with Gasteiger partial charge in [0.05, 0.1) is 12.8 Å². The molecular weight excluding hydrogens is 351 g/mol. The van der Waals surface area contributed by atoms with Gasteiger partial charge in [-0.05, 0) is 36.4 Å². The Bertz CT molecular complexity index is 610. The monoisotopic (exact) mass is 373 g/mol. The molecule has 2 N–H and O–H groups in total. The summed E-state index contributed by atoms with van der Waals surface area (Å²) in [5.74, 6) is 1.47. The summed E-state index contributed by atoms with van der Waals surface area (Å²) < 4.78 is 41.7. The molecule has 0 saturated heterocycles. The zero-order valence-electron chi connectivity index (χ0n) is 13.8. The van der Waals surface area contributed by atoms with Gasteiger partial charge in [0, 0.05) is 30.8 Å². The Morgan fingerprint density at radius 3 is 2.64 bits per heavy atom. The molecule has 4 nitrogen and oxygen atoms in total. The van der Waals surface area contributed by atoms with Gasteiger partial charge >= 0.3 is 6.18 Å². The Kier molecular flexibility index (Phi) is 7.84. The fraction of sp³-hybridized carbons (Fsp3) is 0.471. The predicted molar refractivity (Wildman–Crippen MR) is 93.8 cm³/mol. The first kappa shape index (κ1) is 19.4. The lowest BCUT2D eigenvalue weighted by atomic mass is 10.2. The predicted octanol–water partition coefficient (Wildman–Crippen LogP) is 4.35. The third kappa shape index (κ3) is 8.62. The fourth-order valence-corrected chi connectivity index (χ4v) is 2.78. The van der Waals surface area contributed by atoms with E-state index in [1.165, 1.54) is 0 Å². The lowest BCUT2D eigenvalue weighted by Gasteiger charge is -2.12. The first-order valence-electron chi connectivity index (χ1n) is 8.16. The topological polar surface area (TPSA) is 49.6 Å². The summed E-state index contributed by atoms with van der Waals surface area (Å²) in [5.41, 5.74) is 0. The molecular formula is C17H22F3N3OS. The highest BCUT2D eigenvalue weighted by Crippen LogP contribution is 2.21. The highest BCUT2D eigenvalue weighted by atomic mass is 32.1. The van der Waals surface area contributed by atoms with Gasteiger partial charge in [0.1, 0.15) is 5.76 Å². The molecule has 138 valence electrons. The van der Waals surface area contributed by atoms with E-state index in [0.29, 0.717) is 38.4 Å². The summed E-state index contributed by atoms with van der Waals surface area (Å²) in [6.07, 6.45) is -1.95. The Hall–Kier alpha value is -1.96. The Morgan fingerprint density at radius 2 is 1.96 bits per heavy atom. The molecule has 2 heterocycles. The van der Waals surface area contributed by atoms with Crippen LogP contribution in [0.15, 0.2) is 45.3 Å². The lowest BCUT2D eigenvalue weighted by Crippen LogP contribution is -2.39. The molecule has 0 aliphatic carbocycles. The molecule has 8 heteroatoms. The summed E-state index contributed by atoms with van der Waals surface area (Å²) in [6, 6.07) is 7.69. The second-order valence-corrected chi connectivity index (χ2v) is 6.53. The smallest absolute Gasteiger partial charge is 0.389 e. The normalized spacial score (nSPS) is 12.4. The highest BCUT2D eigenvalue weighted by molar-refractivity contribution is 7.09. The molecule has 0 bridgehead atoms. The number of furan rings is 1. The van der Waals surface area contributed by atoms with Crippen molar-refractivity contribution in [2.45, 2.75) is 38.4 Å². The number of hydrogen-bond donors (Lipinski definition) is 2. The first-order chi connectivity index (χ1) is 12.0. The largest absolute Gasteiger partial charge is 0.469 e. The number of guanidine groups is 1. The first-order valence-corrected chi connectivity index (χ1v) is 9.04. The second kappa shape index (κ2) is 10.1. The van der Waals surface area contributed by atoms with Gasteiger partial charge in [-0.3, -0.25) is 0 Å². The SMILES string of the molecule is FC(F)(F)CCCCNC(=NCc1cccs1)NCCc1ccco1. The number of thiophene rings is 1. The van der Waals surface area contributed by atoms with Crippen molar-refractivity contribution in [1.29, 1.82) is 0 Å². The number of rotatable bonds is 9. The van der Waals surface area contributed by atoms with Gasteiger partial charge in [-0.1, -0.05) is 6.07 Å². The maximum Gasteiger partial charge on any atom is 0.389 e. The van der Waals surface area contributed by atoms with E-state index in [4.69, 9.17) is 4.42 Å². The van der Waals surface area contributed by atoms with E-state index < -0.39 is 12.6 Å². The molecule has 0 aromatic carbocycles. The van der Waals surface area contributed by atoms with Crippen molar-refractivity contribution in [3.8, 4) is 0 Å². The molecule has 0 fully saturated rings. The van der Waals surface area contributed by atoms with Gasteiger partial charge in [0.15, 0.2) is 5.96 Å². The molecule has 0 spiro atoms. The van der Waals surface area contributed by atoms with E-state index in [2.05, 4.69) is 15.6 Å². The van der Waals surface area contributed by atoms with E-state index in [9.17, 15) is 13.2 Å². The van der Waals surface area contributed by atoms with Crippen LogP contribution < -0.4 is 10.6 Å². The van der Waals surface area contributed by atoms with Gasteiger partial charge < -0.3 is 15.1 Å². The van der Waals surface area contributed by atoms with Crippen LogP contribution in [0.3, 0.4) is 0 Å². The van der Waals surface area contributed by atoms with Gasteiger partial charge in [-0.2, -0.15) is 13.2 Å². The molecule has 0 radical (unpaired) electrons. The minimum absolute atomic E-state index is 0.112. The van der Waals surface area contributed by atoms with Crippen LogP contribution in [0.4, 0.5) is 13.2 Å². The molecule has 0 atom stereocenters. The van der Waals surface area contributed by atoms with Crippen molar-refractivity contribution in [3.63, 3.8) is 0 Å². The number of hydrogen-bond acceptors (Lipinski definition) is 3. The van der Waals surface area contributed by atoms with Crippen molar-refractivity contribution in [3.05, 3.63) is 46.5 Å².